The van der Waals surface area contributed by atoms with Gasteiger partial charge in [0.05, 0.1) is 6.10 Å². The van der Waals surface area contributed by atoms with E-state index in [-0.39, 0.29) is 18.3 Å². The number of nitrogens with one attached hydrogen (secondary N) is 1. The van der Waals surface area contributed by atoms with Gasteiger partial charge in [0.15, 0.2) is 0 Å². The van der Waals surface area contributed by atoms with Gasteiger partial charge in [-0.2, -0.15) is 0 Å². The van der Waals surface area contributed by atoms with Gasteiger partial charge in [-0.1, -0.05) is 26.0 Å². The number of carbonyl (C=O) groups is 1. The topological polar surface area (TPSA) is 49.3 Å². The van der Waals surface area contributed by atoms with Crippen molar-refractivity contribution in [2.45, 2.75) is 32.8 Å². The van der Waals surface area contributed by atoms with Crippen molar-refractivity contribution < 1.29 is 14.3 Å². The number of hydrogen-bond acceptors (Lipinski definition) is 2. The minimum absolute atomic E-state index is 0.0649. The minimum Gasteiger partial charge on any atom is -0.387 e. The van der Waals surface area contributed by atoms with E-state index in [1.807, 2.05) is 0 Å². The molecule has 3 nitrogen and oxygen atoms in total. The summed E-state index contributed by atoms with van der Waals surface area (Å²) in [5.74, 6) is 0.0783. The van der Waals surface area contributed by atoms with Crippen LogP contribution in [0.2, 0.25) is 0 Å². The largest absolute Gasteiger partial charge is 0.387 e. The first-order valence-corrected chi connectivity index (χ1v) is 6.19. The van der Waals surface area contributed by atoms with Crippen molar-refractivity contribution in [3.63, 3.8) is 0 Å². The van der Waals surface area contributed by atoms with Crippen LogP contribution in [0.25, 0.3) is 0 Å². The van der Waals surface area contributed by atoms with Crippen molar-refractivity contribution in [3.8, 4) is 0 Å². The fourth-order valence-electron chi connectivity index (χ4n) is 1.52. The zero-order valence-corrected chi connectivity index (χ0v) is 10.8. The van der Waals surface area contributed by atoms with Crippen molar-refractivity contribution >= 4 is 5.91 Å². The summed E-state index contributed by atoms with van der Waals surface area (Å²) in [6, 6.07) is 5.61. The Morgan fingerprint density at radius 3 is 2.50 bits per heavy atom. The first kappa shape index (κ1) is 14.6. The molecule has 100 valence electrons. The highest BCUT2D eigenvalue weighted by molar-refractivity contribution is 5.75. The van der Waals surface area contributed by atoms with Crippen molar-refractivity contribution in [2.75, 3.05) is 6.54 Å². The summed E-state index contributed by atoms with van der Waals surface area (Å²) in [6.07, 6.45) is 0.500. The predicted molar refractivity (Wildman–Crippen MR) is 68.4 cm³/mol. The van der Waals surface area contributed by atoms with Crippen LogP contribution in [0.3, 0.4) is 0 Å². The zero-order valence-electron chi connectivity index (χ0n) is 10.8. The smallest absolute Gasteiger partial charge is 0.220 e. The summed E-state index contributed by atoms with van der Waals surface area (Å²) >= 11 is 0. The van der Waals surface area contributed by atoms with Gasteiger partial charge in [-0.3, -0.25) is 4.79 Å². The molecule has 4 heteroatoms. The van der Waals surface area contributed by atoms with Gasteiger partial charge in [-0.15, -0.1) is 0 Å². The van der Waals surface area contributed by atoms with Crippen LogP contribution in [-0.4, -0.2) is 17.6 Å². The highest BCUT2D eigenvalue weighted by atomic mass is 19.1. The molecule has 18 heavy (non-hydrogen) atoms. The Morgan fingerprint density at radius 2 is 1.94 bits per heavy atom. The molecule has 0 radical (unpaired) electrons. The molecule has 0 aliphatic carbocycles. The molecule has 0 aromatic heterocycles. The Labute approximate surface area is 107 Å². The zero-order chi connectivity index (χ0) is 13.5. The van der Waals surface area contributed by atoms with E-state index in [0.29, 0.717) is 17.9 Å². The Hall–Kier alpha value is -1.42. The fourth-order valence-corrected chi connectivity index (χ4v) is 1.52. The monoisotopic (exact) mass is 253 g/mol. The lowest BCUT2D eigenvalue weighted by atomic mass is 10.1. The van der Waals surface area contributed by atoms with Gasteiger partial charge in [0.2, 0.25) is 5.91 Å². The lowest BCUT2D eigenvalue weighted by Gasteiger charge is -2.12. The molecule has 0 aliphatic heterocycles. The van der Waals surface area contributed by atoms with Gasteiger partial charge in [0, 0.05) is 13.0 Å². The Balaban J connectivity index is 2.34. The summed E-state index contributed by atoms with van der Waals surface area (Å²) in [7, 11) is 0. The predicted octanol–water partition coefficient (Wildman–Crippen LogP) is 2.41. The van der Waals surface area contributed by atoms with Crippen molar-refractivity contribution in [3.05, 3.63) is 35.6 Å². The van der Waals surface area contributed by atoms with Gasteiger partial charge in [-0.05, 0) is 30.0 Å². The van der Waals surface area contributed by atoms with Gasteiger partial charge in [0.25, 0.3) is 0 Å². The normalized spacial score (nSPS) is 12.5. The first-order valence-electron chi connectivity index (χ1n) is 6.19. The molecule has 0 saturated heterocycles. The van der Waals surface area contributed by atoms with E-state index in [9.17, 15) is 14.3 Å². The molecule has 1 aromatic rings. The molecular weight excluding hydrogens is 233 g/mol. The number of halogens is 1. The van der Waals surface area contributed by atoms with Crippen LogP contribution in [0.1, 0.15) is 38.4 Å². The van der Waals surface area contributed by atoms with Gasteiger partial charge >= 0.3 is 0 Å². The third kappa shape index (κ3) is 5.27. The molecule has 2 N–H and O–H groups in total. The first-order chi connectivity index (χ1) is 8.49. The highest BCUT2D eigenvalue weighted by Crippen LogP contribution is 2.12. The minimum atomic E-state index is -0.798. The lowest BCUT2D eigenvalue weighted by Crippen LogP contribution is -2.28. The van der Waals surface area contributed by atoms with E-state index in [2.05, 4.69) is 19.2 Å². The maximum atomic E-state index is 12.7. The Bertz CT molecular complexity index is 376. The lowest BCUT2D eigenvalue weighted by molar-refractivity contribution is -0.121. The maximum Gasteiger partial charge on any atom is 0.220 e. The summed E-state index contributed by atoms with van der Waals surface area (Å²) in [5, 5.41) is 12.5. The number of aliphatic hydroxyl groups is 1. The summed E-state index contributed by atoms with van der Waals surface area (Å²) < 4.78 is 12.7. The van der Waals surface area contributed by atoms with Crippen LogP contribution in [0.15, 0.2) is 24.3 Å². The summed E-state index contributed by atoms with van der Waals surface area (Å²) in [4.78, 5) is 11.5. The second-order valence-electron chi connectivity index (χ2n) is 4.80. The molecular formula is C14H20FNO2. The fraction of sp³-hybridized carbons (Fsp3) is 0.500. The van der Waals surface area contributed by atoms with Crippen LogP contribution >= 0.6 is 0 Å². The molecule has 0 fully saturated rings. The third-order valence-corrected chi connectivity index (χ3v) is 2.70. The third-order valence-electron chi connectivity index (χ3n) is 2.70. The Morgan fingerprint density at radius 1 is 1.33 bits per heavy atom. The van der Waals surface area contributed by atoms with E-state index in [0.717, 1.165) is 6.42 Å². The second kappa shape index (κ2) is 7.11. The van der Waals surface area contributed by atoms with E-state index < -0.39 is 6.10 Å². The SMILES string of the molecule is CC(C)CCC(=O)NCC(O)c1ccc(F)cc1. The molecule has 0 aliphatic rings. The molecule has 0 spiro atoms. The van der Waals surface area contributed by atoms with Crippen LogP contribution < -0.4 is 5.32 Å². The molecule has 1 aromatic carbocycles. The van der Waals surface area contributed by atoms with Gasteiger partial charge in [-0.25, -0.2) is 4.39 Å². The van der Waals surface area contributed by atoms with E-state index in [1.165, 1.54) is 24.3 Å². The highest BCUT2D eigenvalue weighted by Gasteiger charge is 2.09. The van der Waals surface area contributed by atoms with Crippen LogP contribution in [0.5, 0.6) is 0 Å². The average molecular weight is 253 g/mol. The molecule has 1 unspecified atom stereocenters. The second-order valence-corrected chi connectivity index (χ2v) is 4.80. The number of aliphatic hydroxyl groups excluding tert-OH is 1. The maximum absolute atomic E-state index is 12.7. The molecule has 1 rings (SSSR count). The molecule has 0 heterocycles. The van der Waals surface area contributed by atoms with E-state index >= 15 is 0 Å². The van der Waals surface area contributed by atoms with Crippen LogP contribution in [0.4, 0.5) is 4.39 Å². The molecule has 1 amide bonds. The van der Waals surface area contributed by atoms with Crippen molar-refractivity contribution in [1.29, 1.82) is 0 Å². The van der Waals surface area contributed by atoms with Crippen molar-refractivity contribution in [1.82, 2.24) is 5.32 Å². The van der Waals surface area contributed by atoms with Crippen molar-refractivity contribution in [2.24, 2.45) is 5.92 Å². The number of hydrogen-bond donors (Lipinski definition) is 2. The van der Waals surface area contributed by atoms with Gasteiger partial charge in [0.1, 0.15) is 5.82 Å². The number of amides is 1. The summed E-state index contributed by atoms with van der Waals surface area (Å²) in [6.45, 7) is 4.27. The number of benzene rings is 1. The van der Waals surface area contributed by atoms with E-state index in [1.54, 1.807) is 0 Å². The summed E-state index contributed by atoms with van der Waals surface area (Å²) in [5.41, 5.74) is 0.598. The van der Waals surface area contributed by atoms with Crippen LogP contribution in [0, 0.1) is 11.7 Å². The van der Waals surface area contributed by atoms with Gasteiger partial charge < -0.3 is 10.4 Å². The number of rotatable bonds is 6. The average Bonchev–Trinajstić information content (AvgIpc) is 2.34. The van der Waals surface area contributed by atoms with Crippen LogP contribution in [-0.2, 0) is 4.79 Å². The standard InChI is InChI=1S/C14H20FNO2/c1-10(2)3-8-14(18)16-9-13(17)11-4-6-12(15)7-5-11/h4-7,10,13,17H,3,8-9H2,1-2H3,(H,16,18). The molecule has 0 bridgehead atoms. The molecule has 0 saturated carbocycles. The Kier molecular flexibility index (Phi) is 5.78. The quantitative estimate of drug-likeness (QED) is 0.818. The molecule has 1 atom stereocenters. The van der Waals surface area contributed by atoms with E-state index in [4.69, 9.17) is 0 Å². The number of carbonyl (C=O) groups excluding carboxylic acids is 1.